The number of nitrogens with zero attached hydrogens (tertiary/aromatic N) is 1. The number of carbonyl (C=O) groups is 1. The summed E-state index contributed by atoms with van der Waals surface area (Å²) in [6, 6.07) is 0.0636. The van der Waals surface area contributed by atoms with Crippen molar-refractivity contribution < 1.29 is 85.5 Å². The third-order valence-corrected chi connectivity index (χ3v) is 13.0. The van der Waals surface area contributed by atoms with E-state index in [1.165, 1.54) is 64.2 Å². The van der Waals surface area contributed by atoms with E-state index in [0.717, 1.165) is 81.1 Å². The first-order valence-corrected chi connectivity index (χ1v) is 19.2. The van der Waals surface area contributed by atoms with Crippen molar-refractivity contribution >= 4 is 5.91 Å². The molecule has 1 saturated heterocycles. The Bertz CT molecular complexity index is 919. The van der Waals surface area contributed by atoms with E-state index in [4.69, 9.17) is 15.7 Å². The Labute approximate surface area is 340 Å². The summed E-state index contributed by atoms with van der Waals surface area (Å²) in [5.74, 6) is 4.73. The van der Waals surface area contributed by atoms with Crippen LogP contribution in [0, 0.1) is 40.4 Å². The molecule has 3 N–H and O–H groups in total. The predicted molar refractivity (Wildman–Crippen MR) is 187 cm³/mol. The molecule has 0 aromatic carbocycles. The SMILES string of the molecule is CC.CC(C)CCCC[C@H]1CCC2C3CC=C4CC(OO)CCC4(C)C3CCC21C.[NH-]CCCCCC(=O)N1CCCC1CO.[Y].[Y]. The maximum Gasteiger partial charge on any atom is 0.222 e. The summed E-state index contributed by atoms with van der Waals surface area (Å²) in [4.78, 5) is 18.3. The molecule has 4 fully saturated rings. The average Bonchev–Trinajstić information content (AvgIpc) is 3.66. The van der Waals surface area contributed by atoms with E-state index in [9.17, 15) is 10.1 Å². The Morgan fingerprint density at radius 1 is 1.00 bits per heavy atom. The van der Waals surface area contributed by atoms with Gasteiger partial charge < -0.3 is 15.7 Å². The van der Waals surface area contributed by atoms with Crippen LogP contribution in [0.3, 0.4) is 0 Å². The molecular formula is C39H71N2O4Y2-. The maximum absolute atomic E-state index is 11.7. The van der Waals surface area contributed by atoms with Crippen molar-refractivity contribution in [3.8, 4) is 0 Å². The zero-order valence-electron chi connectivity index (χ0n) is 31.3. The van der Waals surface area contributed by atoms with Crippen LogP contribution in [0.25, 0.3) is 5.73 Å². The first kappa shape index (κ1) is 46.3. The van der Waals surface area contributed by atoms with E-state index >= 15 is 0 Å². The minimum absolute atomic E-state index is 0. The van der Waals surface area contributed by atoms with Gasteiger partial charge in [-0.25, -0.2) is 4.89 Å². The normalized spacial score (nSPS) is 33.8. The first-order chi connectivity index (χ1) is 21.7. The number of hydrogen-bond donors (Lipinski definition) is 2. The van der Waals surface area contributed by atoms with E-state index in [2.05, 4.69) is 33.8 Å². The van der Waals surface area contributed by atoms with Crippen molar-refractivity contribution in [2.45, 2.75) is 169 Å². The Morgan fingerprint density at radius 3 is 2.40 bits per heavy atom. The Morgan fingerprint density at radius 2 is 1.74 bits per heavy atom. The monoisotopic (exact) mass is 809 g/mol. The summed E-state index contributed by atoms with van der Waals surface area (Å²) in [6.45, 7) is 15.3. The van der Waals surface area contributed by atoms with Crippen LogP contribution in [0.1, 0.15) is 157 Å². The van der Waals surface area contributed by atoms with Crippen LogP contribution >= 0.6 is 0 Å². The predicted octanol–water partition coefficient (Wildman–Crippen LogP) is 10.2. The fourth-order valence-electron chi connectivity index (χ4n) is 10.3. The van der Waals surface area contributed by atoms with Gasteiger partial charge in [-0.1, -0.05) is 85.3 Å². The van der Waals surface area contributed by atoms with E-state index in [0.29, 0.717) is 23.8 Å². The molecule has 5 rings (SSSR count). The fourth-order valence-corrected chi connectivity index (χ4v) is 10.3. The van der Waals surface area contributed by atoms with Crippen LogP contribution in [-0.2, 0) is 75.1 Å². The molecule has 1 heterocycles. The van der Waals surface area contributed by atoms with Crippen molar-refractivity contribution in [3.05, 3.63) is 17.4 Å². The molecular weight excluding hydrogens is 738 g/mol. The number of amides is 1. The first-order valence-electron chi connectivity index (χ1n) is 19.2. The minimum Gasteiger partial charge on any atom is -0.677 e. The van der Waals surface area contributed by atoms with Gasteiger partial charge in [0.2, 0.25) is 5.91 Å². The molecule has 8 heteroatoms. The number of unbranched alkanes of at least 4 members (excludes halogenated alkanes) is 3. The molecule has 0 aromatic heterocycles. The Hall–Kier alpha value is 1.26. The molecule has 6 nitrogen and oxygen atoms in total. The minimum atomic E-state index is 0. The van der Waals surface area contributed by atoms with Crippen LogP contribution in [0.5, 0.6) is 0 Å². The number of fused-ring (bicyclic) bond motifs is 5. The van der Waals surface area contributed by atoms with Crippen molar-refractivity contribution in [2.75, 3.05) is 19.7 Å². The summed E-state index contributed by atoms with van der Waals surface area (Å²) >= 11 is 0. The Balaban J connectivity index is 0.000000499. The van der Waals surface area contributed by atoms with Gasteiger partial charge in [-0.05, 0) is 117 Å². The molecule has 2 radical (unpaired) electrons. The summed E-state index contributed by atoms with van der Waals surface area (Å²) in [6.07, 6.45) is 24.0. The third kappa shape index (κ3) is 11.9. The molecule has 8 atom stereocenters. The number of aliphatic hydroxyl groups is 1. The van der Waals surface area contributed by atoms with Gasteiger partial charge in [0.25, 0.3) is 0 Å². The van der Waals surface area contributed by atoms with Crippen LogP contribution in [0.15, 0.2) is 11.6 Å². The van der Waals surface area contributed by atoms with E-state index in [1.807, 2.05) is 18.7 Å². The van der Waals surface area contributed by atoms with Gasteiger partial charge >= 0.3 is 0 Å². The van der Waals surface area contributed by atoms with Crippen molar-refractivity contribution in [1.82, 2.24) is 4.90 Å². The fraction of sp³-hybridized carbons (Fsp3) is 0.923. The largest absolute Gasteiger partial charge is 0.677 e. The number of nitrogens with one attached hydrogen (secondary N) is 1. The zero-order chi connectivity index (χ0) is 33.0. The molecule has 47 heavy (non-hydrogen) atoms. The molecule has 268 valence electrons. The number of hydrogen-bond acceptors (Lipinski definition) is 4. The smallest absolute Gasteiger partial charge is 0.222 e. The summed E-state index contributed by atoms with van der Waals surface area (Å²) in [5, 5.41) is 18.3. The van der Waals surface area contributed by atoms with Crippen molar-refractivity contribution in [1.29, 1.82) is 0 Å². The molecule has 0 aromatic rings. The molecule has 4 aliphatic carbocycles. The molecule has 1 aliphatic heterocycles. The van der Waals surface area contributed by atoms with Gasteiger partial charge in [0, 0.05) is 78.4 Å². The molecule has 7 unspecified atom stereocenters. The van der Waals surface area contributed by atoms with Crippen LogP contribution in [0.2, 0.25) is 0 Å². The zero-order valence-corrected chi connectivity index (χ0v) is 37.0. The van der Waals surface area contributed by atoms with E-state index in [-0.39, 0.29) is 90.1 Å². The van der Waals surface area contributed by atoms with Gasteiger partial charge in [-0.15, -0.1) is 0 Å². The van der Waals surface area contributed by atoms with Crippen molar-refractivity contribution in [3.63, 3.8) is 0 Å². The number of carbonyl (C=O) groups excluding carboxylic acids is 1. The van der Waals surface area contributed by atoms with Crippen LogP contribution in [-0.4, -0.2) is 53.0 Å². The van der Waals surface area contributed by atoms with Crippen LogP contribution in [0.4, 0.5) is 0 Å². The average molecular weight is 810 g/mol. The van der Waals surface area contributed by atoms with Gasteiger partial charge in [-0.3, -0.25) is 10.1 Å². The van der Waals surface area contributed by atoms with E-state index < -0.39 is 0 Å². The maximum atomic E-state index is 11.7. The topological polar surface area (TPSA) is 93.8 Å². The number of rotatable bonds is 12. The molecule has 3 saturated carbocycles. The standard InChI is InChI=1S/C26H44O2.C11H21N2O2.C2H6.2Y/c1-18(2)7-5-6-8-19-10-12-23-22-11-9-20-17-21(28-27)13-15-26(20,4)24(22)14-16-25(19,23)3;12-7-3-1-2-6-11(15)13-8-4-5-10(13)9-14;1-2;;/h9,18-19,21-24,27H,5-8,10-17H2,1-4H3;10,12,14H,1-9H2;1-2H3;;/q;-1;;;/t19-,21?,22?,23?,24?,25?,26?;;;;/m0..../s1. The van der Waals surface area contributed by atoms with Crippen LogP contribution < -0.4 is 0 Å². The molecule has 0 bridgehead atoms. The summed E-state index contributed by atoms with van der Waals surface area (Å²) in [5.41, 5.74) is 9.56. The molecule has 1 amide bonds. The van der Waals surface area contributed by atoms with Crippen molar-refractivity contribution in [2.24, 2.45) is 40.4 Å². The summed E-state index contributed by atoms with van der Waals surface area (Å²) in [7, 11) is 0. The quantitative estimate of drug-likeness (QED) is 0.0889. The van der Waals surface area contributed by atoms with Gasteiger partial charge in [0.1, 0.15) is 0 Å². The second kappa shape index (κ2) is 23.0. The molecule has 0 spiro atoms. The number of aliphatic hydroxyl groups excluding tert-OH is 1. The second-order valence-corrected chi connectivity index (χ2v) is 15.9. The second-order valence-electron chi connectivity index (χ2n) is 15.9. The van der Waals surface area contributed by atoms with Gasteiger partial charge in [0.05, 0.1) is 18.8 Å². The Kier molecular flexibility index (Phi) is 22.7. The van der Waals surface area contributed by atoms with Gasteiger partial charge in [-0.2, -0.15) is 6.54 Å². The van der Waals surface area contributed by atoms with Gasteiger partial charge in [0.15, 0.2) is 0 Å². The molecule has 5 aliphatic rings. The third-order valence-electron chi connectivity index (χ3n) is 13.0. The number of allylic oxidation sites excluding steroid dienone is 1. The number of likely N-dealkylation sites (tertiary alicyclic amines) is 1. The van der Waals surface area contributed by atoms with E-state index in [1.54, 1.807) is 5.57 Å². The summed E-state index contributed by atoms with van der Waals surface area (Å²) < 4.78 is 0.